The Labute approximate surface area is 110 Å². The molecule has 1 atom stereocenters. The zero-order chi connectivity index (χ0) is 11.7. The second-order valence-corrected chi connectivity index (χ2v) is 6.50. The molecule has 4 heteroatoms. The van der Waals surface area contributed by atoms with Crippen LogP contribution in [0, 0.1) is 5.92 Å². The van der Waals surface area contributed by atoms with Crippen molar-refractivity contribution in [2.45, 2.75) is 17.7 Å². The Morgan fingerprint density at radius 3 is 3.24 bits per heavy atom. The maximum Gasteiger partial charge on any atom is 0.0941 e. The number of rotatable bonds is 3. The van der Waals surface area contributed by atoms with E-state index in [-0.39, 0.29) is 0 Å². The molecule has 1 aromatic heterocycles. The van der Waals surface area contributed by atoms with Gasteiger partial charge in [-0.05, 0) is 49.9 Å². The molecule has 0 amide bonds. The molecule has 0 bridgehead atoms. The third-order valence-electron chi connectivity index (χ3n) is 3.27. The number of hydrogen-bond donors (Lipinski definition) is 1. The summed E-state index contributed by atoms with van der Waals surface area (Å²) in [4.78, 5) is 6.06. The van der Waals surface area contributed by atoms with Crippen LogP contribution in [0.4, 0.5) is 0 Å². The van der Waals surface area contributed by atoms with E-state index in [9.17, 15) is 0 Å². The van der Waals surface area contributed by atoms with Gasteiger partial charge in [0.2, 0.25) is 0 Å². The normalized spacial score (nSPS) is 20.2. The fourth-order valence-corrected chi connectivity index (χ4v) is 3.94. The van der Waals surface area contributed by atoms with E-state index in [4.69, 9.17) is 4.98 Å². The van der Waals surface area contributed by atoms with Crippen LogP contribution in [0.15, 0.2) is 23.1 Å². The Balaban J connectivity index is 1.85. The van der Waals surface area contributed by atoms with Crippen molar-refractivity contribution in [3.8, 4) is 0 Å². The maximum absolute atomic E-state index is 4.73. The first-order valence-electron chi connectivity index (χ1n) is 5.99. The largest absolute Gasteiger partial charge is 0.316 e. The van der Waals surface area contributed by atoms with Crippen molar-refractivity contribution in [2.75, 3.05) is 19.3 Å². The number of nitrogens with zero attached hydrogens (tertiary/aromatic N) is 1. The van der Waals surface area contributed by atoms with Crippen molar-refractivity contribution < 1.29 is 0 Å². The average molecular weight is 264 g/mol. The average Bonchev–Trinajstić information content (AvgIpc) is 2.96. The fraction of sp³-hybridized carbons (Fsp3) is 0.462. The molecule has 1 aromatic carbocycles. The van der Waals surface area contributed by atoms with E-state index in [1.54, 1.807) is 11.8 Å². The Morgan fingerprint density at radius 2 is 2.47 bits per heavy atom. The standard InChI is InChI=1S/C13H16N2S2/c1-16-10-2-3-11-12(7-10)17-13(15-11)6-9-4-5-14-8-9/h2-3,7,9,14H,4-6,8H2,1H3. The number of aromatic nitrogens is 1. The molecule has 0 radical (unpaired) electrons. The lowest BCUT2D eigenvalue weighted by atomic mass is 10.1. The second kappa shape index (κ2) is 4.96. The van der Waals surface area contributed by atoms with Crippen LogP contribution in [0.2, 0.25) is 0 Å². The van der Waals surface area contributed by atoms with Crippen LogP contribution in [0.5, 0.6) is 0 Å². The minimum atomic E-state index is 0.788. The zero-order valence-electron chi connectivity index (χ0n) is 9.90. The van der Waals surface area contributed by atoms with Crippen LogP contribution >= 0.6 is 23.1 Å². The predicted octanol–water partition coefficient (Wildman–Crippen LogP) is 3.17. The number of thioether (sulfide) groups is 1. The Morgan fingerprint density at radius 1 is 1.53 bits per heavy atom. The Hall–Kier alpha value is -0.580. The smallest absolute Gasteiger partial charge is 0.0941 e. The summed E-state index contributed by atoms with van der Waals surface area (Å²) < 4.78 is 1.33. The number of fused-ring (bicyclic) bond motifs is 1. The number of nitrogens with one attached hydrogen (secondary N) is 1. The van der Waals surface area contributed by atoms with E-state index >= 15 is 0 Å². The molecule has 2 aromatic rings. The topological polar surface area (TPSA) is 24.9 Å². The van der Waals surface area contributed by atoms with E-state index in [2.05, 4.69) is 29.8 Å². The van der Waals surface area contributed by atoms with Gasteiger partial charge < -0.3 is 5.32 Å². The summed E-state index contributed by atoms with van der Waals surface area (Å²) in [7, 11) is 0. The molecule has 0 aliphatic carbocycles. The third kappa shape index (κ3) is 2.49. The molecular formula is C13H16N2S2. The van der Waals surface area contributed by atoms with Gasteiger partial charge in [0.05, 0.1) is 15.2 Å². The molecule has 1 aliphatic rings. The van der Waals surface area contributed by atoms with Gasteiger partial charge in [-0.3, -0.25) is 0 Å². The highest BCUT2D eigenvalue weighted by Crippen LogP contribution is 2.28. The van der Waals surface area contributed by atoms with Crippen LogP contribution in [-0.4, -0.2) is 24.3 Å². The summed E-state index contributed by atoms with van der Waals surface area (Å²) >= 11 is 3.66. The van der Waals surface area contributed by atoms with Gasteiger partial charge >= 0.3 is 0 Å². The first-order chi connectivity index (χ1) is 8.35. The molecule has 2 nitrogen and oxygen atoms in total. The lowest BCUT2D eigenvalue weighted by molar-refractivity contribution is 0.579. The van der Waals surface area contributed by atoms with Crippen LogP contribution in [0.25, 0.3) is 10.2 Å². The second-order valence-electron chi connectivity index (χ2n) is 4.50. The van der Waals surface area contributed by atoms with Gasteiger partial charge in [0.15, 0.2) is 0 Å². The zero-order valence-corrected chi connectivity index (χ0v) is 11.5. The van der Waals surface area contributed by atoms with Crippen molar-refractivity contribution in [3.05, 3.63) is 23.2 Å². The van der Waals surface area contributed by atoms with Crippen molar-refractivity contribution in [1.82, 2.24) is 10.3 Å². The van der Waals surface area contributed by atoms with Crippen LogP contribution < -0.4 is 5.32 Å². The van der Waals surface area contributed by atoms with Crippen LogP contribution in [0.1, 0.15) is 11.4 Å². The first kappa shape index (κ1) is 11.5. The predicted molar refractivity (Wildman–Crippen MR) is 76.1 cm³/mol. The summed E-state index contributed by atoms with van der Waals surface area (Å²) in [5.41, 5.74) is 1.16. The highest BCUT2D eigenvalue weighted by molar-refractivity contribution is 7.98. The van der Waals surface area contributed by atoms with Gasteiger partial charge in [-0.15, -0.1) is 23.1 Å². The lowest BCUT2D eigenvalue weighted by Crippen LogP contribution is -2.10. The van der Waals surface area contributed by atoms with Crippen molar-refractivity contribution in [1.29, 1.82) is 0 Å². The monoisotopic (exact) mass is 264 g/mol. The van der Waals surface area contributed by atoms with Crippen molar-refractivity contribution in [3.63, 3.8) is 0 Å². The minimum Gasteiger partial charge on any atom is -0.316 e. The van der Waals surface area contributed by atoms with Gasteiger partial charge in [-0.25, -0.2) is 4.98 Å². The van der Waals surface area contributed by atoms with Gasteiger partial charge in [-0.1, -0.05) is 0 Å². The molecule has 1 unspecified atom stereocenters. The van der Waals surface area contributed by atoms with Gasteiger partial charge in [0, 0.05) is 11.3 Å². The maximum atomic E-state index is 4.73. The minimum absolute atomic E-state index is 0.788. The van der Waals surface area contributed by atoms with Gasteiger partial charge in [0.1, 0.15) is 0 Å². The molecule has 0 saturated carbocycles. The molecule has 2 heterocycles. The number of benzene rings is 1. The quantitative estimate of drug-likeness (QED) is 0.862. The molecule has 3 rings (SSSR count). The van der Waals surface area contributed by atoms with Crippen molar-refractivity contribution in [2.24, 2.45) is 5.92 Å². The van der Waals surface area contributed by atoms with E-state index in [1.165, 1.54) is 27.6 Å². The van der Waals surface area contributed by atoms with E-state index in [0.717, 1.165) is 24.4 Å². The number of thiazole rings is 1. The molecule has 1 N–H and O–H groups in total. The summed E-state index contributed by atoms with van der Waals surface area (Å²) in [6.45, 7) is 2.33. The molecule has 90 valence electrons. The van der Waals surface area contributed by atoms with Crippen molar-refractivity contribution >= 4 is 33.3 Å². The lowest BCUT2D eigenvalue weighted by Gasteiger charge is -2.03. The van der Waals surface area contributed by atoms with Gasteiger partial charge in [0.25, 0.3) is 0 Å². The van der Waals surface area contributed by atoms with Crippen LogP contribution in [0.3, 0.4) is 0 Å². The van der Waals surface area contributed by atoms with E-state index in [1.807, 2.05) is 11.3 Å². The fourth-order valence-electron chi connectivity index (χ4n) is 2.30. The molecule has 17 heavy (non-hydrogen) atoms. The van der Waals surface area contributed by atoms with Gasteiger partial charge in [-0.2, -0.15) is 0 Å². The first-order valence-corrected chi connectivity index (χ1v) is 8.03. The van der Waals surface area contributed by atoms with E-state index < -0.39 is 0 Å². The molecule has 0 spiro atoms. The Bertz CT molecular complexity index is 515. The highest BCUT2D eigenvalue weighted by Gasteiger charge is 2.16. The molecule has 1 aliphatic heterocycles. The van der Waals surface area contributed by atoms with Crippen LogP contribution in [-0.2, 0) is 6.42 Å². The summed E-state index contributed by atoms with van der Waals surface area (Å²) in [6, 6.07) is 6.57. The molecular weight excluding hydrogens is 248 g/mol. The third-order valence-corrected chi connectivity index (χ3v) is 5.03. The summed E-state index contributed by atoms with van der Waals surface area (Å²) in [5.74, 6) is 0.788. The molecule has 1 fully saturated rings. The SMILES string of the molecule is CSc1ccc2nc(CC3CCNC3)sc2c1. The number of hydrogen-bond acceptors (Lipinski definition) is 4. The summed E-state index contributed by atoms with van der Waals surface area (Å²) in [6.07, 6.45) is 4.56. The summed E-state index contributed by atoms with van der Waals surface area (Å²) in [5, 5.41) is 4.72. The Kier molecular flexibility index (Phi) is 3.36. The molecule has 1 saturated heterocycles. The van der Waals surface area contributed by atoms with E-state index in [0.29, 0.717) is 0 Å². The highest BCUT2D eigenvalue weighted by atomic mass is 32.2.